The van der Waals surface area contributed by atoms with Gasteiger partial charge in [0.15, 0.2) is 5.13 Å². The van der Waals surface area contributed by atoms with E-state index in [0.29, 0.717) is 45.6 Å². The quantitative estimate of drug-likeness (QED) is 0.177. The summed E-state index contributed by atoms with van der Waals surface area (Å²) in [5.74, 6) is 0.00430. The fourth-order valence-corrected chi connectivity index (χ4v) is 5.38. The second kappa shape index (κ2) is 10.5. The molecule has 1 atom stereocenters. The summed E-state index contributed by atoms with van der Waals surface area (Å²) in [4.78, 5) is 33.0. The molecule has 5 rings (SSSR count). The Labute approximate surface area is 223 Å². The van der Waals surface area contributed by atoms with Crippen LogP contribution in [0.1, 0.15) is 30.5 Å². The number of methoxy groups -OCH3 is 2. The maximum Gasteiger partial charge on any atom is 0.301 e. The average molecular weight is 531 g/mol. The number of anilines is 1. The maximum absolute atomic E-state index is 13.5. The lowest BCUT2D eigenvalue weighted by Crippen LogP contribution is -2.29. The molecule has 0 aliphatic carbocycles. The zero-order valence-corrected chi connectivity index (χ0v) is 22.0. The van der Waals surface area contributed by atoms with E-state index in [0.717, 1.165) is 11.1 Å². The third-order valence-corrected chi connectivity index (χ3v) is 7.26. The molecule has 1 amide bonds. The van der Waals surface area contributed by atoms with E-state index in [1.54, 1.807) is 74.9 Å². The number of amides is 1. The molecule has 2 heterocycles. The van der Waals surface area contributed by atoms with Crippen molar-refractivity contribution >= 4 is 44.1 Å². The van der Waals surface area contributed by atoms with Crippen molar-refractivity contribution in [2.75, 3.05) is 25.7 Å². The van der Waals surface area contributed by atoms with Crippen LogP contribution in [0.3, 0.4) is 0 Å². The van der Waals surface area contributed by atoms with Crippen molar-refractivity contribution in [3.63, 3.8) is 0 Å². The highest BCUT2D eigenvalue weighted by Crippen LogP contribution is 2.45. The molecule has 0 spiro atoms. The third-order valence-electron chi connectivity index (χ3n) is 6.25. The predicted octanol–water partition coefficient (Wildman–Crippen LogP) is 5.73. The molecule has 3 aromatic carbocycles. The summed E-state index contributed by atoms with van der Waals surface area (Å²) in [6.07, 6.45) is 0.826. The van der Waals surface area contributed by atoms with Gasteiger partial charge < -0.3 is 19.3 Å². The smallest absolute Gasteiger partial charge is 0.301 e. The first-order valence-corrected chi connectivity index (χ1v) is 12.9. The number of rotatable bonds is 8. The average Bonchev–Trinajstić information content (AvgIpc) is 3.49. The number of fused-ring (bicyclic) bond motifs is 1. The van der Waals surface area contributed by atoms with Crippen molar-refractivity contribution in [3.05, 3.63) is 83.4 Å². The molecular formula is C29H26N2O6S. The van der Waals surface area contributed by atoms with E-state index in [4.69, 9.17) is 14.2 Å². The topological polar surface area (TPSA) is 98.2 Å². The van der Waals surface area contributed by atoms with E-state index in [9.17, 15) is 14.7 Å². The van der Waals surface area contributed by atoms with Crippen molar-refractivity contribution in [2.45, 2.75) is 19.4 Å². The van der Waals surface area contributed by atoms with Gasteiger partial charge in [-0.1, -0.05) is 42.5 Å². The van der Waals surface area contributed by atoms with Crippen molar-refractivity contribution in [1.29, 1.82) is 0 Å². The van der Waals surface area contributed by atoms with Crippen LogP contribution in [-0.2, 0) is 9.59 Å². The summed E-state index contributed by atoms with van der Waals surface area (Å²) in [6, 6.07) is 18.4. The van der Waals surface area contributed by atoms with Crippen LogP contribution in [-0.4, -0.2) is 42.6 Å². The molecule has 1 unspecified atom stereocenters. The first kappa shape index (κ1) is 25.3. The Balaban J connectivity index is 1.67. The molecule has 0 bridgehead atoms. The minimum atomic E-state index is -0.899. The zero-order chi connectivity index (χ0) is 26.8. The van der Waals surface area contributed by atoms with Crippen LogP contribution >= 0.6 is 11.3 Å². The standard InChI is InChI=1S/C29H26N2O6S/c1-4-14-37-21-7-5-6-18(15-21)26(32)24-25(17-8-10-19(35-2)11-9-17)31(28(34)27(24)33)29-30-22-13-12-20(36-3)16-23(22)38-29/h5-13,15-16,25,32H,4,14H2,1-3H3/b26-24+. The Morgan fingerprint density at radius 3 is 2.42 bits per heavy atom. The number of hydrogen-bond acceptors (Lipinski definition) is 8. The Morgan fingerprint density at radius 1 is 0.974 bits per heavy atom. The van der Waals surface area contributed by atoms with Crippen molar-refractivity contribution < 1.29 is 28.9 Å². The molecule has 1 saturated heterocycles. The van der Waals surface area contributed by atoms with E-state index in [1.807, 2.05) is 13.0 Å². The SMILES string of the molecule is CCCOc1cccc(/C(O)=C2\C(=O)C(=O)N(c3nc4ccc(OC)cc4s3)C2c2ccc(OC)cc2)c1. The molecule has 8 nitrogen and oxygen atoms in total. The largest absolute Gasteiger partial charge is 0.507 e. The summed E-state index contributed by atoms with van der Waals surface area (Å²) in [6.45, 7) is 2.51. The molecule has 1 fully saturated rings. The fraction of sp³-hybridized carbons (Fsp3) is 0.207. The van der Waals surface area contributed by atoms with Gasteiger partial charge in [0.1, 0.15) is 23.0 Å². The Bertz CT molecular complexity index is 1540. The number of ketones is 1. The maximum atomic E-state index is 13.5. The molecule has 1 aromatic heterocycles. The third kappa shape index (κ3) is 4.56. The molecule has 1 N–H and O–H groups in total. The highest BCUT2D eigenvalue weighted by molar-refractivity contribution is 7.22. The molecule has 38 heavy (non-hydrogen) atoms. The number of aliphatic hydroxyl groups excluding tert-OH is 1. The number of carbonyl (C=O) groups is 2. The van der Waals surface area contributed by atoms with Crippen LogP contribution in [0.2, 0.25) is 0 Å². The first-order chi connectivity index (χ1) is 18.4. The monoisotopic (exact) mass is 530 g/mol. The second-order valence-electron chi connectivity index (χ2n) is 8.65. The van der Waals surface area contributed by atoms with Gasteiger partial charge in [0.05, 0.1) is 42.7 Å². The lowest BCUT2D eigenvalue weighted by molar-refractivity contribution is -0.132. The number of nitrogens with zero attached hydrogens (tertiary/aromatic N) is 2. The van der Waals surface area contributed by atoms with Gasteiger partial charge in [-0.2, -0.15) is 0 Å². The fourth-order valence-electron chi connectivity index (χ4n) is 4.36. The summed E-state index contributed by atoms with van der Waals surface area (Å²) in [5, 5.41) is 11.8. The highest BCUT2D eigenvalue weighted by Gasteiger charge is 2.48. The van der Waals surface area contributed by atoms with Crippen LogP contribution in [0.4, 0.5) is 5.13 Å². The number of hydrogen-bond donors (Lipinski definition) is 1. The van der Waals surface area contributed by atoms with Crippen LogP contribution in [0.25, 0.3) is 16.0 Å². The Hall–Kier alpha value is -4.37. The van der Waals surface area contributed by atoms with Crippen LogP contribution in [0.15, 0.2) is 72.3 Å². The van der Waals surface area contributed by atoms with Gasteiger partial charge in [-0.25, -0.2) is 4.98 Å². The number of benzene rings is 3. The molecule has 1 aliphatic heterocycles. The lowest BCUT2D eigenvalue weighted by Gasteiger charge is -2.23. The molecule has 0 saturated carbocycles. The Morgan fingerprint density at radius 2 is 1.71 bits per heavy atom. The Kier molecular flexibility index (Phi) is 7.02. The van der Waals surface area contributed by atoms with E-state index >= 15 is 0 Å². The van der Waals surface area contributed by atoms with Crippen molar-refractivity contribution in [2.24, 2.45) is 0 Å². The van der Waals surface area contributed by atoms with E-state index < -0.39 is 17.7 Å². The molecule has 4 aromatic rings. The van der Waals surface area contributed by atoms with Crippen molar-refractivity contribution in [3.8, 4) is 17.2 Å². The molecule has 194 valence electrons. The van der Waals surface area contributed by atoms with Gasteiger partial charge in [-0.3, -0.25) is 14.5 Å². The number of Topliss-reactive ketones (excluding diaryl/α,β-unsaturated/α-hetero) is 1. The van der Waals surface area contributed by atoms with Crippen LogP contribution in [0.5, 0.6) is 17.2 Å². The minimum absolute atomic E-state index is 0.0235. The van der Waals surface area contributed by atoms with Crippen LogP contribution < -0.4 is 19.1 Å². The second-order valence-corrected chi connectivity index (χ2v) is 9.66. The molecule has 9 heteroatoms. The number of carbonyl (C=O) groups excluding carboxylic acids is 2. The van der Waals surface area contributed by atoms with E-state index in [1.165, 1.54) is 16.2 Å². The zero-order valence-electron chi connectivity index (χ0n) is 21.1. The number of ether oxygens (including phenoxy) is 3. The number of aliphatic hydroxyl groups is 1. The molecular weight excluding hydrogens is 504 g/mol. The van der Waals surface area contributed by atoms with Gasteiger partial charge in [0.2, 0.25) is 0 Å². The summed E-state index contributed by atoms with van der Waals surface area (Å²) < 4.78 is 17.1. The van der Waals surface area contributed by atoms with Crippen molar-refractivity contribution in [1.82, 2.24) is 4.98 Å². The number of aromatic nitrogens is 1. The summed E-state index contributed by atoms with van der Waals surface area (Å²) >= 11 is 1.27. The first-order valence-electron chi connectivity index (χ1n) is 12.1. The minimum Gasteiger partial charge on any atom is -0.507 e. The molecule has 1 aliphatic rings. The van der Waals surface area contributed by atoms with Gasteiger partial charge in [-0.05, 0) is 54.4 Å². The van der Waals surface area contributed by atoms with Gasteiger partial charge in [0, 0.05) is 5.56 Å². The summed E-state index contributed by atoms with van der Waals surface area (Å²) in [5.41, 5.74) is 1.65. The predicted molar refractivity (Wildman–Crippen MR) is 146 cm³/mol. The van der Waals surface area contributed by atoms with Gasteiger partial charge >= 0.3 is 5.91 Å². The summed E-state index contributed by atoms with van der Waals surface area (Å²) in [7, 11) is 3.14. The molecule has 0 radical (unpaired) electrons. The van der Waals surface area contributed by atoms with Gasteiger partial charge in [-0.15, -0.1) is 0 Å². The normalized spacial score (nSPS) is 16.7. The highest BCUT2D eigenvalue weighted by atomic mass is 32.1. The number of thiazole rings is 1. The van der Waals surface area contributed by atoms with E-state index in [2.05, 4.69) is 4.98 Å². The lowest BCUT2D eigenvalue weighted by atomic mass is 9.95. The van der Waals surface area contributed by atoms with Gasteiger partial charge in [0.25, 0.3) is 5.78 Å². The van der Waals surface area contributed by atoms with E-state index in [-0.39, 0.29) is 11.3 Å². The van der Waals surface area contributed by atoms with Crippen LogP contribution in [0, 0.1) is 0 Å².